The highest BCUT2D eigenvalue weighted by atomic mass is 15.1. The van der Waals surface area contributed by atoms with Gasteiger partial charge in [-0.3, -0.25) is 0 Å². The van der Waals surface area contributed by atoms with Crippen molar-refractivity contribution in [2.24, 2.45) is 5.11 Å². The molecule has 1 rings (SSSR count). The average molecular weight is 188 g/mol. The lowest BCUT2D eigenvalue weighted by Gasteiger charge is -2.02. The van der Waals surface area contributed by atoms with Crippen LogP contribution in [0.25, 0.3) is 16.5 Å². The lowest BCUT2D eigenvalue weighted by molar-refractivity contribution is 1.22. The normalized spacial score (nSPS) is 10.1. The second kappa shape index (κ2) is 4.94. The van der Waals surface area contributed by atoms with E-state index in [9.17, 15) is 0 Å². The van der Waals surface area contributed by atoms with Crippen LogP contribution >= 0.6 is 0 Å². The molecule has 0 radical (unpaired) electrons. The van der Waals surface area contributed by atoms with Gasteiger partial charge >= 0.3 is 0 Å². The molecule has 0 aliphatic heterocycles. The Morgan fingerprint density at radius 3 is 3.07 bits per heavy atom. The number of hydrogen-bond donors (Lipinski definition) is 1. The van der Waals surface area contributed by atoms with Gasteiger partial charge in [0.25, 0.3) is 0 Å². The van der Waals surface area contributed by atoms with Crippen molar-refractivity contribution in [2.45, 2.75) is 6.92 Å². The Balaban J connectivity index is 2.81. The molecule has 0 saturated carbocycles. The molecule has 4 nitrogen and oxygen atoms in total. The lowest BCUT2D eigenvalue weighted by Crippen LogP contribution is -1.92. The predicted molar refractivity (Wildman–Crippen MR) is 58.6 cm³/mol. The Labute approximate surface area is 82.7 Å². The minimum absolute atomic E-state index is 0.351. The number of anilines is 1. The number of nitrogen functional groups attached to an aromatic ring is 1. The molecule has 0 bridgehead atoms. The zero-order chi connectivity index (χ0) is 10.4. The van der Waals surface area contributed by atoms with E-state index in [1.165, 1.54) is 0 Å². The van der Waals surface area contributed by atoms with Crippen LogP contribution in [0.1, 0.15) is 11.1 Å². The maximum absolute atomic E-state index is 8.06. The van der Waals surface area contributed by atoms with E-state index in [1.807, 2.05) is 31.2 Å². The van der Waals surface area contributed by atoms with Gasteiger partial charge in [-0.2, -0.15) is 0 Å². The van der Waals surface area contributed by atoms with Crippen LogP contribution in [0.15, 0.2) is 29.4 Å². The number of rotatable bonds is 3. The molecule has 2 N–H and O–H groups in total. The number of para-hydroxylation sites is 1. The zero-order valence-electron chi connectivity index (χ0n) is 8.01. The third-order valence-corrected chi connectivity index (χ3v) is 1.91. The third-order valence-electron chi connectivity index (χ3n) is 1.91. The summed E-state index contributed by atoms with van der Waals surface area (Å²) < 4.78 is 0. The van der Waals surface area contributed by atoms with E-state index in [2.05, 4.69) is 10.0 Å². The van der Waals surface area contributed by atoms with E-state index in [0.29, 0.717) is 6.54 Å². The summed E-state index contributed by atoms with van der Waals surface area (Å²) in [6.07, 6.45) is 3.64. The topological polar surface area (TPSA) is 74.8 Å². The van der Waals surface area contributed by atoms with Crippen LogP contribution in [-0.2, 0) is 0 Å². The SMILES string of the molecule is Cc1cccc(C=CCN=[N+]=[N-])c1N. The Hall–Kier alpha value is -1.93. The minimum Gasteiger partial charge on any atom is -0.398 e. The van der Waals surface area contributed by atoms with Crippen LogP contribution in [0.3, 0.4) is 0 Å². The highest BCUT2D eigenvalue weighted by molar-refractivity contribution is 5.67. The molecule has 0 fully saturated rings. The van der Waals surface area contributed by atoms with E-state index in [4.69, 9.17) is 11.3 Å². The summed E-state index contributed by atoms with van der Waals surface area (Å²) in [5.41, 5.74) is 16.7. The van der Waals surface area contributed by atoms with Crippen LogP contribution in [0, 0.1) is 6.92 Å². The number of nitrogens with zero attached hydrogens (tertiary/aromatic N) is 3. The van der Waals surface area contributed by atoms with Gasteiger partial charge < -0.3 is 5.73 Å². The standard InChI is InChI=1S/C10H12N4/c1-8-4-2-5-9(10(8)11)6-3-7-13-14-12/h2-6H,7,11H2,1H3. The molecule has 0 spiro atoms. The highest BCUT2D eigenvalue weighted by Crippen LogP contribution is 2.17. The molecular formula is C10H12N4. The summed E-state index contributed by atoms with van der Waals surface area (Å²) in [5.74, 6) is 0. The highest BCUT2D eigenvalue weighted by Gasteiger charge is 1.96. The summed E-state index contributed by atoms with van der Waals surface area (Å²) in [4.78, 5) is 2.65. The average Bonchev–Trinajstić information content (AvgIpc) is 2.19. The second-order valence-electron chi connectivity index (χ2n) is 2.89. The van der Waals surface area contributed by atoms with Gasteiger partial charge in [-0.05, 0) is 23.6 Å². The molecule has 0 aliphatic carbocycles. The minimum atomic E-state index is 0.351. The van der Waals surface area contributed by atoms with E-state index >= 15 is 0 Å². The van der Waals surface area contributed by atoms with E-state index in [-0.39, 0.29) is 0 Å². The van der Waals surface area contributed by atoms with Crippen LogP contribution < -0.4 is 5.73 Å². The molecule has 0 unspecified atom stereocenters. The van der Waals surface area contributed by atoms with Gasteiger partial charge in [0.05, 0.1) is 0 Å². The molecule has 0 saturated heterocycles. The first-order chi connectivity index (χ1) is 6.75. The Morgan fingerprint density at radius 1 is 1.57 bits per heavy atom. The third kappa shape index (κ3) is 2.54. The Kier molecular flexibility index (Phi) is 3.58. The van der Waals surface area contributed by atoms with Gasteiger partial charge in [0, 0.05) is 17.1 Å². The summed E-state index contributed by atoms with van der Waals surface area (Å²) in [6, 6.07) is 5.83. The number of azide groups is 1. The van der Waals surface area contributed by atoms with Crippen LogP contribution in [0.2, 0.25) is 0 Å². The quantitative estimate of drug-likeness (QED) is 0.336. The van der Waals surface area contributed by atoms with Gasteiger partial charge in [-0.25, -0.2) is 0 Å². The number of nitrogens with two attached hydrogens (primary N) is 1. The van der Waals surface area contributed by atoms with Crippen molar-refractivity contribution >= 4 is 11.8 Å². The van der Waals surface area contributed by atoms with E-state index < -0.39 is 0 Å². The largest absolute Gasteiger partial charge is 0.398 e. The first-order valence-corrected chi connectivity index (χ1v) is 4.28. The fourth-order valence-corrected chi connectivity index (χ4v) is 1.11. The van der Waals surface area contributed by atoms with Crippen molar-refractivity contribution < 1.29 is 0 Å². The van der Waals surface area contributed by atoms with Gasteiger partial charge in [0.2, 0.25) is 0 Å². The molecule has 0 amide bonds. The Morgan fingerprint density at radius 2 is 2.36 bits per heavy atom. The second-order valence-corrected chi connectivity index (χ2v) is 2.89. The summed E-state index contributed by atoms with van der Waals surface area (Å²) in [5, 5.41) is 3.39. The van der Waals surface area contributed by atoms with Gasteiger partial charge in [-0.1, -0.05) is 35.5 Å². The Bertz CT molecular complexity index is 389. The zero-order valence-corrected chi connectivity index (χ0v) is 8.01. The van der Waals surface area contributed by atoms with Crippen molar-refractivity contribution in [3.63, 3.8) is 0 Å². The van der Waals surface area contributed by atoms with Crippen molar-refractivity contribution in [2.75, 3.05) is 12.3 Å². The van der Waals surface area contributed by atoms with Gasteiger partial charge in [0.1, 0.15) is 0 Å². The molecule has 1 aromatic rings. The predicted octanol–water partition coefficient (Wildman–Crippen LogP) is 2.90. The first-order valence-electron chi connectivity index (χ1n) is 4.28. The van der Waals surface area contributed by atoms with Crippen molar-refractivity contribution in [1.82, 2.24) is 0 Å². The monoisotopic (exact) mass is 188 g/mol. The maximum Gasteiger partial charge on any atom is 0.0443 e. The number of aryl methyl sites for hydroxylation is 1. The molecule has 0 atom stereocenters. The van der Waals surface area contributed by atoms with Gasteiger partial charge in [0.15, 0.2) is 0 Å². The lowest BCUT2D eigenvalue weighted by atomic mass is 10.1. The van der Waals surface area contributed by atoms with Crippen LogP contribution in [-0.4, -0.2) is 6.54 Å². The van der Waals surface area contributed by atoms with Crippen molar-refractivity contribution in [1.29, 1.82) is 0 Å². The summed E-state index contributed by atoms with van der Waals surface area (Å²) in [7, 11) is 0. The van der Waals surface area contributed by atoms with Crippen molar-refractivity contribution in [3.05, 3.63) is 45.8 Å². The smallest absolute Gasteiger partial charge is 0.0443 e. The first kappa shape index (κ1) is 10.2. The maximum atomic E-state index is 8.06. The fraction of sp³-hybridized carbons (Fsp3) is 0.200. The number of benzene rings is 1. The van der Waals surface area contributed by atoms with E-state index in [1.54, 1.807) is 6.08 Å². The van der Waals surface area contributed by atoms with Crippen molar-refractivity contribution in [3.8, 4) is 0 Å². The van der Waals surface area contributed by atoms with Crippen LogP contribution in [0.4, 0.5) is 5.69 Å². The van der Waals surface area contributed by atoms with Gasteiger partial charge in [-0.15, -0.1) is 0 Å². The molecule has 72 valence electrons. The fourth-order valence-electron chi connectivity index (χ4n) is 1.11. The molecule has 0 aliphatic rings. The molecule has 0 aromatic heterocycles. The van der Waals surface area contributed by atoms with Crippen LogP contribution in [0.5, 0.6) is 0 Å². The molecule has 14 heavy (non-hydrogen) atoms. The molecule has 4 heteroatoms. The summed E-state index contributed by atoms with van der Waals surface area (Å²) in [6.45, 7) is 2.31. The number of hydrogen-bond acceptors (Lipinski definition) is 2. The van der Waals surface area contributed by atoms with E-state index in [0.717, 1.165) is 16.8 Å². The molecule has 1 aromatic carbocycles. The summed E-state index contributed by atoms with van der Waals surface area (Å²) >= 11 is 0. The molecular weight excluding hydrogens is 176 g/mol. The molecule has 0 heterocycles.